The molecule has 6 nitrogen and oxygen atoms in total. The Kier molecular flexibility index (Phi) is 7.42. The summed E-state index contributed by atoms with van der Waals surface area (Å²) in [6.45, 7) is 2.74. The molecule has 0 saturated carbocycles. The van der Waals surface area contributed by atoms with Gasteiger partial charge in [0.05, 0.1) is 11.8 Å². The zero-order valence-electron chi connectivity index (χ0n) is 12.0. The number of β-amino-alcohol motifs (C(OH)–C–C–N with tert-alkyl or cyclic N) is 1. The van der Waals surface area contributed by atoms with E-state index in [0.29, 0.717) is 24.2 Å². The fourth-order valence-corrected chi connectivity index (χ4v) is 2.62. The number of halogens is 1. The predicted octanol–water partition coefficient (Wildman–Crippen LogP) is 0.987. The Morgan fingerprint density at radius 2 is 2.10 bits per heavy atom. The molecule has 0 amide bonds. The van der Waals surface area contributed by atoms with E-state index >= 15 is 0 Å². The van der Waals surface area contributed by atoms with Gasteiger partial charge in [0.15, 0.2) is 5.84 Å². The summed E-state index contributed by atoms with van der Waals surface area (Å²) >= 11 is 0. The molecule has 7 heteroatoms. The van der Waals surface area contributed by atoms with Gasteiger partial charge in [0, 0.05) is 24.7 Å². The first-order chi connectivity index (χ1) is 9.70. The first kappa shape index (κ1) is 17.7. The second kappa shape index (κ2) is 8.81. The Bertz CT molecular complexity index is 464. The molecule has 0 aliphatic carbocycles. The summed E-state index contributed by atoms with van der Waals surface area (Å²) in [4.78, 5) is 6.51. The number of likely N-dealkylation sites (tertiary alicyclic amines) is 1. The largest absolute Gasteiger partial charge is 0.409 e. The quantitative estimate of drug-likeness (QED) is 0.326. The number of piperidine rings is 1. The molecule has 1 aliphatic rings. The van der Waals surface area contributed by atoms with Gasteiger partial charge < -0.3 is 20.9 Å². The van der Waals surface area contributed by atoms with Gasteiger partial charge >= 0.3 is 0 Å². The third-order valence-corrected chi connectivity index (χ3v) is 3.62. The van der Waals surface area contributed by atoms with E-state index in [4.69, 9.17) is 10.9 Å². The molecule has 0 radical (unpaired) electrons. The second-order valence-corrected chi connectivity index (χ2v) is 5.20. The van der Waals surface area contributed by atoms with E-state index in [-0.39, 0.29) is 18.2 Å². The number of nitrogens with two attached hydrogens (primary N) is 1. The molecule has 0 bridgehead atoms. The van der Waals surface area contributed by atoms with Crippen molar-refractivity contribution in [3.05, 3.63) is 29.6 Å². The van der Waals surface area contributed by atoms with Crippen LogP contribution in [0.1, 0.15) is 30.5 Å². The van der Waals surface area contributed by atoms with Crippen LogP contribution < -0.4 is 5.73 Å². The molecule has 2 heterocycles. The van der Waals surface area contributed by atoms with Crippen molar-refractivity contribution < 1.29 is 10.3 Å². The van der Waals surface area contributed by atoms with Crippen LogP contribution in [0, 0.1) is 0 Å². The number of hydrogen-bond donors (Lipinski definition) is 3. The number of hydrogen-bond acceptors (Lipinski definition) is 5. The topological polar surface area (TPSA) is 95.0 Å². The third kappa shape index (κ3) is 5.15. The predicted molar refractivity (Wildman–Crippen MR) is 84.0 cm³/mol. The molecule has 1 fully saturated rings. The van der Waals surface area contributed by atoms with Gasteiger partial charge in [0.25, 0.3) is 0 Å². The number of oxime groups is 1. The summed E-state index contributed by atoms with van der Waals surface area (Å²) < 4.78 is 0. The second-order valence-electron chi connectivity index (χ2n) is 5.20. The van der Waals surface area contributed by atoms with Gasteiger partial charge in [-0.15, -0.1) is 12.4 Å². The monoisotopic (exact) mass is 314 g/mol. The summed E-state index contributed by atoms with van der Waals surface area (Å²) in [7, 11) is 0. The highest BCUT2D eigenvalue weighted by molar-refractivity contribution is 5.97. The van der Waals surface area contributed by atoms with Gasteiger partial charge in [-0.3, -0.25) is 4.98 Å². The fraction of sp³-hybridized carbons (Fsp3) is 0.571. The highest BCUT2D eigenvalue weighted by atomic mass is 35.5. The molecule has 4 N–H and O–H groups in total. The van der Waals surface area contributed by atoms with E-state index in [1.807, 2.05) is 0 Å². The van der Waals surface area contributed by atoms with E-state index in [2.05, 4.69) is 15.0 Å². The molecule has 1 saturated heterocycles. The van der Waals surface area contributed by atoms with Crippen LogP contribution >= 0.6 is 12.4 Å². The van der Waals surface area contributed by atoms with Crippen LogP contribution in [0.25, 0.3) is 0 Å². The number of aromatic nitrogens is 1. The Hall–Kier alpha value is -1.37. The van der Waals surface area contributed by atoms with E-state index in [9.17, 15) is 5.11 Å². The number of nitrogens with zero attached hydrogens (tertiary/aromatic N) is 3. The van der Waals surface area contributed by atoms with Gasteiger partial charge in [-0.05, 0) is 38.1 Å². The van der Waals surface area contributed by atoms with E-state index in [1.165, 1.54) is 19.3 Å². The van der Waals surface area contributed by atoms with Crippen molar-refractivity contribution >= 4 is 18.2 Å². The first-order valence-electron chi connectivity index (χ1n) is 7.03. The lowest BCUT2D eigenvalue weighted by Crippen LogP contribution is -2.37. The lowest BCUT2D eigenvalue weighted by atomic mass is 10.1. The zero-order chi connectivity index (χ0) is 14.4. The summed E-state index contributed by atoms with van der Waals surface area (Å²) in [5.74, 6) is 0.0262. The van der Waals surface area contributed by atoms with Crippen LogP contribution in [0.3, 0.4) is 0 Å². The maximum Gasteiger partial charge on any atom is 0.171 e. The molecule has 0 spiro atoms. The van der Waals surface area contributed by atoms with Crippen molar-refractivity contribution in [1.29, 1.82) is 0 Å². The minimum Gasteiger partial charge on any atom is -0.409 e. The molecule has 1 unspecified atom stereocenters. The number of aliphatic hydroxyl groups is 1. The average molecular weight is 315 g/mol. The van der Waals surface area contributed by atoms with Gasteiger partial charge in [-0.1, -0.05) is 11.6 Å². The molecular weight excluding hydrogens is 292 g/mol. The minimum absolute atomic E-state index is 0. The smallest absolute Gasteiger partial charge is 0.171 e. The molecule has 1 aliphatic heterocycles. The lowest BCUT2D eigenvalue weighted by Gasteiger charge is -2.28. The molecule has 1 aromatic heterocycles. The van der Waals surface area contributed by atoms with Crippen molar-refractivity contribution in [1.82, 2.24) is 9.88 Å². The molecule has 1 atom stereocenters. The van der Waals surface area contributed by atoms with Gasteiger partial charge in [0.2, 0.25) is 0 Å². The first-order valence-corrected chi connectivity index (χ1v) is 7.03. The molecule has 0 aromatic carbocycles. The van der Waals surface area contributed by atoms with Crippen molar-refractivity contribution in [2.75, 3.05) is 19.6 Å². The van der Waals surface area contributed by atoms with Crippen LogP contribution in [0.5, 0.6) is 0 Å². The van der Waals surface area contributed by atoms with Crippen LogP contribution in [0.2, 0.25) is 0 Å². The van der Waals surface area contributed by atoms with E-state index in [0.717, 1.165) is 13.1 Å². The SMILES string of the molecule is Cl.NC(=NO)c1cccnc1CC(O)CN1CCCCC1. The number of aliphatic hydroxyl groups excluding tert-OH is 1. The molecule has 2 rings (SSSR count). The fourth-order valence-electron chi connectivity index (χ4n) is 2.62. The number of pyridine rings is 1. The standard InChI is InChI=1S/C14H22N4O2.ClH/c15-14(17-20)12-5-4-6-16-13(12)9-11(19)10-18-7-2-1-3-8-18;/h4-6,11,19-20H,1-3,7-10H2,(H2,15,17);1H. The summed E-state index contributed by atoms with van der Waals surface area (Å²) in [5, 5.41) is 22.0. The highest BCUT2D eigenvalue weighted by Crippen LogP contribution is 2.12. The molecule has 21 heavy (non-hydrogen) atoms. The van der Waals surface area contributed by atoms with Crippen LogP contribution in [0.4, 0.5) is 0 Å². The van der Waals surface area contributed by atoms with Gasteiger partial charge in [0.1, 0.15) is 0 Å². The van der Waals surface area contributed by atoms with Crippen molar-refractivity contribution in [3.63, 3.8) is 0 Å². The van der Waals surface area contributed by atoms with E-state index < -0.39 is 6.10 Å². The Balaban J connectivity index is 0.00000220. The molecule has 1 aromatic rings. The van der Waals surface area contributed by atoms with Crippen molar-refractivity contribution in [2.24, 2.45) is 10.9 Å². The van der Waals surface area contributed by atoms with Gasteiger partial charge in [-0.2, -0.15) is 0 Å². The highest BCUT2D eigenvalue weighted by Gasteiger charge is 2.17. The third-order valence-electron chi connectivity index (χ3n) is 3.62. The average Bonchev–Trinajstić information content (AvgIpc) is 2.48. The lowest BCUT2D eigenvalue weighted by molar-refractivity contribution is 0.101. The van der Waals surface area contributed by atoms with Crippen molar-refractivity contribution in [3.8, 4) is 0 Å². The summed E-state index contributed by atoms with van der Waals surface area (Å²) in [6, 6.07) is 3.47. The number of rotatable bonds is 5. The van der Waals surface area contributed by atoms with Crippen LogP contribution in [-0.4, -0.2) is 51.8 Å². The van der Waals surface area contributed by atoms with Crippen LogP contribution in [0.15, 0.2) is 23.5 Å². The Morgan fingerprint density at radius 1 is 1.38 bits per heavy atom. The van der Waals surface area contributed by atoms with E-state index in [1.54, 1.807) is 18.3 Å². The Morgan fingerprint density at radius 3 is 2.76 bits per heavy atom. The summed E-state index contributed by atoms with van der Waals surface area (Å²) in [5.41, 5.74) is 6.86. The maximum absolute atomic E-state index is 10.2. The minimum atomic E-state index is -0.492. The maximum atomic E-state index is 10.2. The van der Waals surface area contributed by atoms with Gasteiger partial charge in [-0.25, -0.2) is 0 Å². The van der Waals surface area contributed by atoms with Crippen LogP contribution in [-0.2, 0) is 6.42 Å². The normalized spacial score (nSPS) is 18.0. The number of amidine groups is 1. The Labute approximate surface area is 131 Å². The summed E-state index contributed by atoms with van der Waals surface area (Å²) in [6.07, 6.45) is 5.24. The molecular formula is C14H23ClN4O2. The van der Waals surface area contributed by atoms with Crippen molar-refractivity contribution in [2.45, 2.75) is 31.8 Å². The molecule has 118 valence electrons. The zero-order valence-corrected chi connectivity index (χ0v) is 12.8.